The lowest BCUT2D eigenvalue weighted by Crippen LogP contribution is -2.10. The summed E-state index contributed by atoms with van der Waals surface area (Å²) in [6, 6.07) is 0. The summed E-state index contributed by atoms with van der Waals surface area (Å²) in [6.07, 6.45) is 2.35. The van der Waals surface area contributed by atoms with E-state index in [1.165, 1.54) is 0 Å². The van der Waals surface area contributed by atoms with Crippen LogP contribution in [0.2, 0.25) is 0 Å². The maximum absolute atomic E-state index is 10.5. The quantitative estimate of drug-likeness (QED) is 0.662. The van der Waals surface area contributed by atoms with E-state index in [1.54, 1.807) is 6.92 Å². The first-order chi connectivity index (χ1) is 6.43. The molecule has 0 heterocycles. The Hall–Kier alpha value is -1.06. The highest BCUT2D eigenvalue weighted by atomic mass is 16.4. The Labute approximate surface area is 83.9 Å². The molecule has 4 nitrogen and oxygen atoms in total. The SMILES string of the molecule is CC(CCCC(C)C(=O)O)CC(=O)O. The number of hydrogen-bond acceptors (Lipinski definition) is 2. The Balaban J connectivity index is 3.53. The summed E-state index contributed by atoms with van der Waals surface area (Å²) in [6.45, 7) is 3.55. The van der Waals surface area contributed by atoms with Crippen LogP contribution in [0.1, 0.15) is 39.5 Å². The van der Waals surface area contributed by atoms with E-state index < -0.39 is 11.9 Å². The van der Waals surface area contributed by atoms with Crippen LogP contribution in [0.3, 0.4) is 0 Å². The molecule has 14 heavy (non-hydrogen) atoms. The van der Waals surface area contributed by atoms with Crippen LogP contribution in [-0.2, 0) is 9.59 Å². The number of hydrogen-bond donors (Lipinski definition) is 2. The molecule has 0 bridgehead atoms. The minimum atomic E-state index is -0.788. The van der Waals surface area contributed by atoms with Crippen molar-refractivity contribution in [1.29, 1.82) is 0 Å². The number of carboxylic acid groups (broad SMARTS) is 2. The van der Waals surface area contributed by atoms with E-state index in [4.69, 9.17) is 10.2 Å². The van der Waals surface area contributed by atoms with Gasteiger partial charge in [-0.2, -0.15) is 0 Å². The van der Waals surface area contributed by atoms with Gasteiger partial charge in [-0.15, -0.1) is 0 Å². The highest BCUT2D eigenvalue weighted by molar-refractivity contribution is 5.69. The van der Waals surface area contributed by atoms with E-state index in [0.29, 0.717) is 6.42 Å². The van der Waals surface area contributed by atoms with Crippen LogP contribution < -0.4 is 0 Å². The first kappa shape index (κ1) is 12.9. The molecule has 4 heteroatoms. The van der Waals surface area contributed by atoms with Crippen LogP contribution in [0.5, 0.6) is 0 Å². The molecule has 0 radical (unpaired) electrons. The van der Waals surface area contributed by atoms with Gasteiger partial charge in [0.25, 0.3) is 0 Å². The van der Waals surface area contributed by atoms with E-state index in [-0.39, 0.29) is 18.3 Å². The highest BCUT2D eigenvalue weighted by Gasteiger charge is 2.12. The molecule has 0 spiro atoms. The zero-order valence-corrected chi connectivity index (χ0v) is 8.69. The van der Waals surface area contributed by atoms with Gasteiger partial charge in [0.1, 0.15) is 0 Å². The maximum Gasteiger partial charge on any atom is 0.306 e. The lowest BCUT2D eigenvalue weighted by molar-refractivity contribution is -0.141. The van der Waals surface area contributed by atoms with E-state index in [9.17, 15) is 9.59 Å². The first-order valence-corrected chi connectivity index (χ1v) is 4.88. The Morgan fingerprint density at radius 3 is 2.14 bits per heavy atom. The maximum atomic E-state index is 10.5. The Morgan fingerprint density at radius 2 is 1.71 bits per heavy atom. The smallest absolute Gasteiger partial charge is 0.306 e. The molecule has 0 aliphatic carbocycles. The van der Waals surface area contributed by atoms with Gasteiger partial charge in [-0.25, -0.2) is 0 Å². The molecule has 0 rings (SSSR count). The van der Waals surface area contributed by atoms with Crippen molar-refractivity contribution < 1.29 is 19.8 Å². The molecule has 0 aromatic rings. The van der Waals surface area contributed by atoms with E-state index in [2.05, 4.69) is 0 Å². The van der Waals surface area contributed by atoms with Crippen molar-refractivity contribution in [3.05, 3.63) is 0 Å². The fourth-order valence-corrected chi connectivity index (χ4v) is 1.30. The molecule has 0 aromatic heterocycles. The molecule has 0 saturated heterocycles. The van der Waals surface area contributed by atoms with Crippen LogP contribution in [0, 0.1) is 11.8 Å². The predicted molar refractivity (Wildman–Crippen MR) is 52.1 cm³/mol. The van der Waals surface area contributed by atoms with Crippen molar-refractivity contribution in [3.63, 3.8) is 0 Å². The average molecular weight is 202 g/mol. The summed E-state index contributed by atoms with van der Waals surface area (Å²) >= 11 is 0. The van der Waals surface area contributed by atoms with Crippen LogP contribution in [0.25, 0.3) is 0 Å². The minimum Gasteiger partial charge on any atom is -0.481 e. The van der Waals surface area contributed by atoms with Crippen LogP contribution in [0.15, 0.2) is 0 Å². The fourth-order valence-electron chi connectivity index (χ4n) is 1.30. The van der Waals surface area contributed by atoms with E-state index in [0.717, 1.165) is 12.8 Å². The monoisotopic (exact) mass is 202 g/mol. The second-order valence-electron chi connectivity index (χ2n) is 3.87. The van der Waals surface area contributed by atoms with Crippen molar-refractivity contribution in [1.82, 2.24) is 0 Å². The number of aliphatic carboxylic acids is 2. The summed E-state index contributed by atoms with van der Waals surface area (Å²) in [7, 11) is 0. The number of carbonyl (C=O) groups is 2. The largest absolute Gasteiger partial charge is 0.481 e. The topological polar surface area (TPSA) is 74.6 Å². The molecule has 82 valence electrons. The normalized spacial score (nSPS) is 14.7. The minimum absolute atomic E-state index is 0.133. The molecular weight excluding hydrogens is 184 g/mol. The van der Waals surface area contributed by atoms with Crippen molar-refractivity contribution in [3.8, 4) is 0 Å². The standard InChI is InChI=1S/C10H18O4/c1-7(6-9(11)12)4-3-5-8(2)10(13)14/h7-8H,3-6H2,1-2H3,(H,11,12)(H,13,14). The van der Waals surface area contributed by atoms with Crippen molar-refractivity contribution in [2.45, 2.75) is 39.5 Å². The van der Waals surface area contributed by atoms with Gasteiger partial charge in [-0.05, 0) is 12.3 Å². The zero-order chi connectivity index (χ0) is 11.1. The third kappa shape index (κ3) is 6.46. The summed E-state index contributed by atoms with van der Waals surface area (Å²) < 4.78 is 0. The molecule has 0 aromatic carbocycles. The molecule has 0 fully saturated rings. The molecule has 2 atom stereocenters. The van der Waals surface area contributed by atoms with Crippen molar-refractivity contribution in [2.24, 2.45) is 11.8 Å². The van der Waals surface area contributed by atoms with Gasteiger partial charge in [0.05, 0.1) is 5.92 Å². The third-order valence-electron chi connectivity index (χ3n) is 2.28. The van der Waals surface area contributed by atoms with Gasteiger partial charge in [-0.3, -0.25) is 9.59 Å². The molecule has 0 amide bonds. The Kier molecular flexibility index (Phi) is 5.92. The van der Waals surface area contributed by atoms with E-state index >= 15 is 0 Å². The van der Waals surface area contributed by atoms with Crippen molar-refractivity contribution in [2.75, 3.05) is 0 Å². The second-order valence-corrected chi connectivity index (χ2v) is 3.87. The van der Waals surface area contributed by atoms with E-state index in [1.807, 2.05) is 6.92 Å². The number of carboxylic acids is 2. The highest BCUT2D eigenvalue weighted by Crippen LogP contribution is 2.15. The fraction of sp³-hybridized carbons (Fsp3) is 0.800. The molecule has 2 N–H and O–H groups in total. The van der Waals surface area contributed by atoms with Gasteiger partial charge >= 0.3 is 11.9 Å². The summed E-state index contributed by atoms with van der Waals surface area (Å²) in [5.41, 5.74) is 0. The van der Waals surface area contributed by atoms with Crippen LogP contribution in [0.4, 0.5) is 0 Å². The van der Waals surface area contributed by atoms with Crippen LogP contribution >= 0.6 is 0 Å². The molecule has 2 unspecified atom stereocenters. The summed E-state index contributed by atoms with van der Waals surface area (Å²) in [4.78, 5) is 20.8. The van der Waals surface area contributed by atoms with Gasteiger partial charge in [0, 0.05) is 6.42 Å². The lowest BCUT2D eigenvalue weighted by Gasteiger charge is -2.09. The lowest BCUT2D eigenvalue weighted by atomic mass is 9.97. The van der Waals surface area contributed by atoms with Crippen molar-refractivity contribution >= 4 is 11.9 Å². The summed E-state index contributed by atoms with van der Waals surface area (Å²) in [5, 5.41) is 17.1. The summed E-state index contributed by atoms with van der Waals surface area (Å²) in [5.74, 6) is -1.76. The average Bonchev–Trinajstić information content (AvgIpc) is 2.02. The molecule has 0 aliphatic heterocycles. The molecule has 0 aliphatic rings. The van der Waals surface area contributed by atoms with Gasteiger partial charge in [0.2, 0.25) is 0 Å². The predicted octanol–water partition coefficient (Wildman–Crippen LogP) is 1.99. The zero-order valence-electron chi connectivity index (χ0n) is 8.69. The van der Waals surface area contributed by atoms with Gasteiger partial charge < -0.3 is 10.2 Å². The van der Waals surface area contributed by atoms with Gasteiger partial charge in [-0.1, -0.05) is 26.7 Å². The third-order valence-corrected chi connectivity index (χ3v) is 2.28. The Morgan fingerprint density at radius 1 is 1.14 bits per heavy atom. The first-order valence-electron chi connectivity index (χ1n) is 4.88. The van der Waals surface area contributed by atoms with Gasteiger partial charge in [0.15, 0.2) is 0 Å². The number of rotatable bonds is 7. The van der Waals surface area contributed by atoms with Crippen LogP contribution in [-0.4, -0.2) is 22.2 Å². The molecular formula is C10H18O4. The second kappa shape index (κ2) is 6.40. The Bertz CT molecular complexity index is 200. The molecule has 0 saturated carbocycles.